The molecular weight excluding hydrogens is 482 g/mol. The van der Waals surface area contributed by atoms with Gasteiger partial charge in [-0.2, -0.15) is 0 Å². The van der Waals surface area contributed by atoms with Crippen LogP contribution in [0.2, 0.25) is 0 Å². The van der Waals surface area contributed by atoms with Crippen molar-refractivity contribution >= 4 is 5.91 Å². The van der Waals surface area contributed by atoms with Crippen molar-refractivity contribution in [2.75, 3.05) is 7.11 Å². The predicted octanol–water partition coefficient (Wildman–Crippen LogP) is 4.54. The Hall–Kier alpha value is -3.39. The maximum absolute atomic E-state index is 14.1. The lowest BCUT2D eigenvalue weighted by Gasteiger charge is -2.40. The molecule has 0 saturated heterocycles. The molecule has 1 amide bonds. The van der Waals surface area contributed by atoms with E-state index in [1.165, 1.54) is 0 Å². The normalized spacial score (nSPS) is 18.3. The first-order valence-corrected chi connectivity index (χ1v) is 13.3. The summed E-state index contributed by atoms with van der Waals surface area (Å²) in [6.07, 6.45) is 1.70. The van der Waals surface area contributed by atoms with Crippen LogP contribution in [0.3, 0.4) is 0 Å². The third-order valence-corrected chi connectivity index (χ3v) is 7.51. The highest BCUT2D eigenvalue weighted by atomic mass is 16.5. The Labute approximate surface area is 223 Å². The summed E-state index contributed by atoms with van der Waals surface area (Å²) in [7, 11) is 1.58. The summed E-state index contributed by atoms with van der Waals surface area (Å²) in [5, 5.41) is 20.9. The van der Waals surface area contributed by atoms with Crippen LogP contribution in [0.4, 0.5) is 0 Å². The zero-order chi connectivity index (χ0) is 26.5. The maximum atomic E-state index is 14.1. The van der Waals surface area contributed by atoms with Gasteiger partial charge in [-0.05, 0) is 35.6 Å². The second kappa shape index (κ2) is 12.0. The lowest BCUT2D eigenvalue weighted by molar-refractivity contribution is -0.164. The van der Waals surface area contributed by atoms with Crippen LogP contribution < -0.4 is 9.47 Å². The highest BCUT2D eigenvalue weighted by molar-refractivity contribution is 5.83. The number of fused-ring (bicyclic) bond motifs is 1. The van der Waals surface area contributed by atoms with Crippen molar-refractivity contribution in [3.05, 3.63) is 95.1 Å². The van der Waals surface area contributed by atoms with Crippen molar-refractivity contribution in [3.63, 3.8) is 0 Å². The smallest absolute Gasteiger partial charge is 0.257 e. The van der Waals surface area contributed by atoms with Crippen LogP contribution in [-0.4, -0.2) is 46.6 Å². The molecule has 3 aromatic rings. The first-order valence-electron chi connectivity index (χ1n) is 13.3. The molecule has 0 radical (unpaired) electrons. The molecule has 1 heterocycles. The molecule has 200 valence electrons. The third-order valence-electron chi connectivity index (χ3n) is 7.51. The van der Waals surface area contributed by atoms with E-state index < -0.39 is 18.4 Å². The minimum Gasteiger partial charge on any atom is -0.493 e. The van der Waals surface area contributed by atoms with E-state index in [0.29, 0.717) is 18.1 Å². The minimum absolute atomic E-state index is 0.0148. The summed E-state index contributed by atoms with van der Waals surface area (Å²) < 4.78 is 18.2. The zero-order valence-electron chi connectivity index (χ0n) is 21.7. The molecule has 1 saturated carbocycles. The monoisotopic (exact) mass is 517 g/mol. The largest absolute Gasteiger partial charge is 0.493 e. The first-order chi connectivity index (χ1) is 18.5. The number of ether oxygens (including phenoxy) is 3. The summed E-state index contributed by atoms with van der Waals surface area (Å²) in [4.78, 5) is 15.6. The molecule has 5 rings (SSSR count). The van der Waals surface area contributed by atoms with Crippen molar-refractivity contribution in [3.8, 4) is 11.5 Å². The molecule has 2 aliphatic rings. The van der Waals surface area contributed by atoms with Gasteiger partial charge in [0.2, 0.25) is 0 Å². The van der Waals surface area contributed by atoms with Crippen LogP contribution >= 0.6 is 0 Å². The van der Waals surface area contributed by atoms with Crippen LogP contribution in [0.5, 0.6) is 11.5 Å². The van der Waals surface area contributed by atoms with E-state index >= 15 is 0 Å². The van der Waals surface area contributed by atoms with Crippen LogP contribution in [-0.2, 0) is 29.1 Å². The topological polar surface area (TPSA) is 88.5 Å². The molecule has 7 heteroatoms. The number of hydrogen-bond donors (Lipinski definition) is 2. The molecule has 0 unspecified atom stereocenters. The fourth-order valence-electron chi connectivity index (χ4n) is 5.47. The van der Waals surface area contributed by atoms with Gasteiger partial charge < -0.3 is 29.3 Å². The lowest BCUT2D eigenvalue weighted by atomic mass is 9.91. The van der Waals surface area contributed by atoms with Crippen LogP contribution in [0.25, 0.3) is 0 Å². The quantitative estimate of drug-likeness (QED) is 0.405. The molecule has 3 aromatic carbocycles. The number of carbonyl (C=O) groups is 1. The highest BCUT2D eigenvalue weighted by Gasteiger charge is 2.40. The molecule has 2 atom stereocenters. The number of methoxy groups -OCH3 is 1. The molecule has 0 spiro atoms. The Balaban J connectivity index is 1.45. The molecule has 2 N–H and O–H groups in total. The summed E-state index contributed by atoms with van der Waals surface area (Å²) in [6, 6.07) is 22.2. The molecule has 1 aliphatic carbocycles. The van der Waals surface area contributed by atoms with E-state index in [2.05, 4.69) is 0 Å². The zero-order valence-corrected chi connectivity index (χ0v) is 21.7. The SMILES string of the molecule is COc1ccc2c(c1OCc1ccccc1)C[C@@H](C(O)O)N(C(=O)[C@H](OC1CCCC1)c1ccccc1)C2. The number of benzene rings is 3. The highest BCUT2D eigenvalue weighted by Crippen LogP contribution is 2.40. The van der Waals surface area contributed by atoms with Gasteiger partial charge >= 0.3 is 0 Å². The summed E-state index contributed by atoms with van der Waals surface area (Å²) in [6.45, 7) is 0.549. The van der Waals surface area contributed by atoms with Crippen molar-refractivity contribution in [2.45, 2.75) is 69.8 Å². The summed E-state index contributed by atoms with van der Waals surface area (Å²) in [5.41, 5.74) is 3.47. The Bertz CT molecular complexity index is 1210. The van der Waals surface area contributed by atoms with Gasteiger partial charge in [-0.1, -0.05) is 79.6 Å². The van der Waals surface area contributed by atoms with Crippen molar-refractivity contribution in [1.29, 1.82) is 0 Å². The van der Waals surface area contributed by atoms with Gasteiger partial charge in [0, 0.05) is 18.5 Å². The van der Waals surface area contributed by atoms with Crippen molar-refractivity contribution < 1.29 is 29.2 Å². The van der Waals surface area contributed by atoms with Gasteiger partial charge in [0.1, 0.15) is 6.61 Å². The minimum atomic E-state index is -1.73. The molecule has 0 aromatic heterocycles. The maximum Gasteiger partial charge on any atom is 0.257 e. The van der Waals surface area contributed by atoms with Gasteiger partial charge in [-0.3, -0.25) is 4.79 Å². The number of aliphatic hydroxyl groups is 2. The number of hydrogen-bond acceptors (Lipinski definition) is 6. The summed E-state index contributed by atoms with van der Waals surface area (Å²) >= 11 is 0. The lowest BCUT2D eigenvalue weighted by Crippen LogP contribution is -2.52. The van der Waals surface area contributed by atoms with E-state index in [9.17, 15) is 15.0 Å². The van der Waals surface area contributed by atoms with Crippen molar-refractivity contribution in [1.82, 2.24) is 4.90 Å². The molecule has 38 heavy (non-hydrogen) atoms. The van der Waals surface area contributed by atoms with Crippen LogP contribution in [0.15, 0.2) is 72.8 Å². The van der Waals surface area contributed by atoms with Crippen LogP contribution in [0.1, 0.15) is 54.0 Å². The Morgan fingerprint density at radius 2 is 1.66 bits per heavy atom. The predicted molar refractivity (Wildman–Crippen MR) is 143 cm³/mol. The van der Waals surface area contributed by atoms with E-state index in [4.69, 9.17) is 14.2 Å². The standard InChI is InChI=1S/C31H35NO6/c1-36-27-17-16-23-19-32(30(33)28(22-12-6-3-7-13-22)38-24-14-8-9-15-24)26(31(34)35)18-25(23)29(27)37-20-21-10-4-2-5-11-21/h2-7,10-13,16-17,24,26,28,31,34-35H,8-9,14-15,18-20H2,1H3/t26-,28+/m0/s1. The second-order valence-corrected chi connectivity index (χ2v) is 9.99. The first kappa shape index (κ1) is 26.2. The number of carbonyl (C=O) groups excluding carboxylic acids is 1. The van der Waals surface area contributed by atoms with Crippen molar-refractivity contribution in [2.24, 2.45) is 0 Å². The fourth-order valence-corrected chi connectivity index (χ4v) is 5.47. The Morgan fingerprint density at radius 1 is 0.974 bits per heavy atom. The number of nitrogens with zero attached hydrogens (tertiary/aromatic N) is 1. The van der Waals surface area contributed by atoms with Crippen LogP contribution in [0, 0.1) is 0 Å². The second-order valence-electron chi connectivity index (χ2n) is 9.99. The number of aliphatic hydroxyl groups excluding tert-OH is 1. The number of rotatable bonds is 9. The van der Waals surface area contributed by atoms with Gasteiger partial charge in [0.05, 0.1) is 19.3 Å². The molecule has 1 aliphatic heterocycles. The average molecular weight is 518 g/mol. The van der Waals surface area contributed by atoms with Gasteiger partial charge in [-0.15, -0.1) is 0 Å². The Kier molecular flexibility index (Phi) is 8.27. The van der Waals surface area contributed by atoms with Gasteiger partial charge in [0.25, 0.3) is 5.91 Å². The van der Waals surface area contributed by atoms with Gasteiger partial charge in [-0.25, -0.2) is 0 Å². The molecule has 1 fully saturated rings. The van der Waals surface area contributed by atoms with E-state index in [1.807, 2.05) is 72.8 Å². The fraction of sp³-hybridized carbons (Fsp3) is 0.387. The average Bonchev–Trinajstić information content (AvgIpc) is 3.48. The Morgan fingerprint density at radius 3 is 2.32 bits per heavy atom. The molecule has 7 nitrogen and oxygen atoms in total. The van der Waals surface area contributed by atoms with E-state index in [-0.39, 0.29) is 25.0 Å². The number of amides is 1. The van der Waals surface area contributed by atoms with Gasteiger partial charge in [0.15, 0.2) is 23.9 Å². The molecule has 0 bridgehead atoms. The molecular formula is C31H35NO6. The summed E-state index contributed by atoms with van der Waals surface area (Å²) in [5.74, 6) is 0.861. The van der Waals surface area contributed by atoms with E-state index in [0.717, 1.165) is 47.9 Å². The third kappa shape index (κ3) is 5.70. The van der Waals surface area contributed by atoms with E-state index in [1.54, 1.807) is 12.0 Å².